The molecule has 58 heteroatoms. The standard InChI is InChI=1S/C16H17O3.C8H58O2P51.Co.O/c1-17-12-19-16-9-5-14(6-10-16)11-13-3-7-15(18-2)8-4-13;1-6(9)7-3-2-4-8(5-7)10-37(51(53(38(11)12)39(13)14)59(50(35)36)54(40(15)16)41(17)18)52(60(55(42(19)20)43(21)22)56(44(23)24)45(25)26)61(57(46(27)28)47(29)30)58(48(31)32)49(33)34;;/h3-10H,2,11-12H2,1H3;3-5H,11-36H2,1H3;;/q2*-1;;. The van der Waals surface area contributed by atoms with Crippen molar-refractivity contribution in [3.05, 3.63) is 96.6 Å². The number of rotatable bonds is 33. The molecule has 0 aliphatic carbocycles. The number of Topliss-reactive ketones (excluding diaryl/α,β-unsaturated/α-hetero) is 1. The molecule has 3 rings (SSSR count). The summed E-state index contributed by atoms with van der Waals surface area (Å²) in [5.41, 5.74) is 3.17. The first kappa shape index (κ1) is 98.9. The molecule has 82 heavy (non-hydrogen) atoms. The van der Waals surface area contributed by atoms with Gasteiger partial charge in [0, 0.05) is 47.8 Å². The Morgan fingerprint density at radius 1 is 0.427 bits per heavy atom. The van der Waals surface area contributed by atoms with Crippen molar-refractivity contribution in [1.82, 2.24) is 0 Å². The topological polar surface area (TPSA) is 71.1 Å². The number of carbonyl (C=O) groups is 1. The molecule has 0 aliphatic rings. The number of benzene rings is 3. The summed E-state index contributed by atoms with van der Waals surface area (Å²) in [5.74, 6) is 2.56. The quantitative estimate of drug-likeness (QED) is 0.0262. The number of methoxy groups -OCH3 is 1. The van der Waals surface area contributed by atoms with E-state index in [4.69, 9.17) is 22.6 Å². The Morgan fingerprint density at radius 2 is 0.720 bits per heavy atom. The Balaban J connectivity index is 0.00000133. The van der Waals surface area contributed by atoms with Gasteiger partial charge in [-0.1, -0.05) is 29.8 Å². The Bertz CT molecular complexity index is 2090. The van der Waals surface area contributed by atoms with Crippen LogP contribution in [0.3, 0.4) is 0 Å². The van der Waals surface area contributed by atoms with E-state index in [0.29, 0.717) is 5.56 Å². The summed E-state index contributed by atoms with van der Waals surface area (Å²) >= 11 is 2.31. The monoisotopic (exact) mass is 2100 g/mol. The van der Waals surface area contributed by atoms with Gasteiger partial charge in [0.1, 0.15) is 19.1 Å². The fourth-order valence-electron chi connectivity index (χ4n) is 5.64. The number of hydrogen-bond donors (Lipinski definition) is 0. The van der Waals surface area contributed by atoms with Crippen LogP contribution in [0.4, 0.5) is 0 Å². The fourth-order valence-corrected chi connectivity index (χ4v) is 713. The molecule has 0 amide bonds. The van der Waals surface area contributed by atoms with Gasteiger partial charge in [0.05, 0.1) is 5.75 Å². The zero-order chi connectivity index (χ0) is 63.2. The molecule has 0 N–H and O–H groups in total. The van der Waals surface area contributed by atoms with Gasteiger partial charge in [-0.15, -0.1) is 244 Å². The summed E-state index contributed by atoms with van der Waals surface area (Å²) in [6.07, 6.45) is 0.877. The van der Waals surface area contributed by atoms with E-state index in [1.54, 1.807) is 14.0 Å². The molecule has 0 radical (unpaired) electrons. The van der Waals surface area contributed by atoms with Crippen LogP contribution in [0.5, 0.6) is 17.2 Å². The normalized spacial score (nSPS) is 13.8. The third-order valence-electron chi connectivity index (χ3n) is 8.55. The fraction of sp³-hybridized carbons (Fsp3) is 0.167. The minimum atomic E-state index is -0.979. The van der Waals surface area contributed by atoms with Crippen LogP contribution in [-0.4, -0.2) is 19.7 Å². The first-order valence-electron chi connectivity index (χ1n) is 20.8. The molecule has 29 unspecified atom stereocenters. The first-order valence-corrected chi connectivity index (χ1v) is 114. The molecular weight excluding hydrogens is 2020 g/mol. The van der Waals surface area contributed by atoms with E-state index in [9.17, 15) is 4.79 Å². The molecule has 473 valence electrons. The van der Waals surface area contributed by atoms with Crippen molar-refractivity contribution in [2.75, 3.05) is 13.9 Å². The summed E-state index contributed by atoms with van der Waals surface area (Å²) < 4.78 is 31.5. The Hall–Kier alpha value is 18.9. The summed E-state index contributed by atoms with van der Waals surface area (Å²) in [6.45, 7) is -7.37. The molecule has 0 aromatic heterocycles. The molecule has 0 saturated carbocycles. The third kappa shape index (κ3) is 35.7. The summed E-state index contributed by atoms with van der Waals surface area (Å²) in [4.78, 5) is 13.2. The van der Waals surface area contributed by atoms with Crippen LogP contribution >= 0.6 is 407 Å². The predicted octanol–water partition coefficient (Wildman–Crippen LogP) is 34.8. The number of ketones is 1. The van der Waals surface area contributed by atoms with Gasteiger partial charge in [0.15, 0.2) is 6.79 Å². The number of ether oxygens (including phenoxy) is 3. The van der Waals surface area contributed by atoms with Crippen molar-refractivity contribution in [3.63, 3.8) is 0 Å². The van der Waals surface area contributed by atoms with Crippen LogP contribution in [0, 0.1) is 13.2 Å². The maximum atomic E-state index is 13.2. The van der Waals surface area contributed by atoms with E-state index in [0.717, 1.165) is 23.7 Å². The van der Waals surface area contributed by atoms with Crippen molar-refractivity contribution < 1.29 is 43.1 Å². The van der Waals surface area contributed by atoms with Crippen LogP contribution in [0.25, 0.3) is 0 Å². The van der Waals surface area contributed by atoms with Crippen molar-refractivity contribution in [2.24, 2.45) is 0 Å². The van der Waals surface area contributed by atoms with Crippen molar-refractivity contribution in [2.45, 2.75) is 13.3 Å². The molecule has 0 aliphatic heterocycles. The Kier molecular flexibility index (Phi) is 66.8. The zero-order valence-corrected chi connectivity index (χ0v) is 96.9. The van der Waals surface area contributed by atoms with E-state index >= 15 is 0 Å². The first-order chi connectivity index (χ1) is 38.3. The molecule has 3 aromatic rings. The van der Waals surface area contributed by atoms with Crippen molar-refractivity contribution >= 4 is 413 Å². The molecule has 3 aromatic carbocycles. The molecule has 29 atom stereocenters. The second-order valence-corrected chi connectivity index (χ2v) is 223. The zero-order valence-electron chi connectivity index (χ0n) is 43.4. The second kappa shape index (κ2) is 55.3. The van der Waals surface area contributed by atoms with Gasteiger partial charge in [-0.25, -0.2) is 0 Å². The summed E-state index contributed by atoms with van der Waals surface area (Å²) in [5, 5.41) is 0. The minimum absolute atomic E-state index is 0.0825. The van der Waals surface area contributed by atoms with Gasteiger partial charge in [0.2, 0.25) is 0 Å². The van der Waals surface area contributed by atoms with Gasteiger partial charge in [-0.2, -0.15) is 19.2 Å². The van der Waals surface area contributed by atoms with E-state index < -0.39 is 70.4 Å². The molecule has 0 heterocycles. The average Bonchev–Trinajstić information content (AvgIpc) is 3.36. The number of hydrogen-bond acceptors (Lipinski definition) is 6. The van der Waals surface area contributed by atoms with Crippen molar-refractivity contribution in [1.29, 1.82) is 0 Å². The third-order valence-corrected chi connectivity index (χ3v) is 356. The molecule has 0 spiro atoms. The second-order valence-electron chi connectivity index (χ2n) is 14.4. The maximum absolute atomic E-state index is 13.2. The summed E-state index contributed by atoms with van der Waals surface area (Å²) in [6, 6.07) is 25.4. The molecule has 6 nitrogen and oxygen atoms in total. The van der Waals surface area contributed by atoms with Crippen LogP contribution in [0.15, 0.2) is 66.7 Å². The van der Waals surface area contributed by atoms with Gasteiger partial charge < -0.3 is 23.5 Å². The molecular formula is C24H75CoO6P51-2. The van der Waals surface area contributed by atoms with E-state index in [-0.39, 0.29) is 117 Å². The van der Waals surface area contributed by atoms with Gasteiger partial charge in [0.25, 0.3) is 0 Å². The Morgan fingerprint density at radius 3 is 1.01 bits per heavy atom. The molecule has 0 saturated heterocycles. The van der Waals surface area contributed by atoms with Gasteiger partial charge in [-0.05, 0) is 181 Å². The van der Waals surface area contributed by atoms with Gasteiger partial charge >= 0.3 is 19.5 Å². The van der Waals surface area contributed by atoms with Crippen LogP contribution < -0.4 is 14.0 Å². The van der Waals surface area contributed by atoms with E-state index in [1.807, 2.05) is 42.5 Å². The predicted molar refractivity (Wildman–Crippen MR) is 536 cm³/mol. The average molecular weight is 2100 g/mol. The van der Waals surface area contributed by atoms with Crippen LogP contribution in [0.2, 0.25) is 0 Å². The van der Waals surface area contributed by atoms with Gasteiger partial charge in [-0.3, -0.25) is 0 Å². The SMILES string of the molecule is CC(=O)c1c[c-]cc(OP(P(P(P(P)P)P(P)P)P(P(P)P)P(P(P)P)P(P)P)P(P(P(P(P)P)P(P)P)P(P(P)P)P(P)P)P(P(P(P)P)P(P)P)P(P(P)P)P(P)P)c1.[CH2-]Oc1ccc(Cc2ccc(OCOC)cc2)cc1.[O]=[Co]. The molecule has 0 bridgehead atoms. The van der Waals surface area contributed by atoms with E-state index in [2.05, 4.69) is 285 Å². The summed E-state index contributed by atoms with van der Waals surface area (Å²) in [7, 11) is 93.3. The van der Waals surface area contributed by atoms with Crippen LogP contribution in [0.1, 0.15) is 28.4 Å². The Labute approximate surface area is 589 Å². The molecule has 0 fully saturated rings. The number of carbonyl (C=O) groups excluding carboxylic acids is 1. The van der Waals surface area contributed by atoms with Crippen molar-refractivity contribution in [3.8, 4) is 17.2 Å². The van der Waals surface area contributed by atoms with Crippen LogP contribution in [-0.2, 0) is 30.7 Å². The van der Waals surface area contributed by atoms with E-state index in [1.165, 1.54) is 11.1 Å².